The quantitative estimate of drug-likeness (QED) is 0.580. The van der Waals surface area contributed by atoms with Crippen LogP contribution in [0.2, 0.25) is 0 Å². The van der Waals surface area contributed by atoms with Crippen LogP contribution in [0.4, 0.5) is 0 Å². The number of nitrogens with zero attached hydrogens (tertiary/aromatic N) is 3. The largest absolute Gasteiger partial charge is 0.378 e. The average Bonchev–Trinajstić information content (AvgIpc) is 3.03. The summed E-state index contributed by atoms with van der Waals surface area (Å²) in [7, 11) is 1.78. The zero-order chi connectivity index (χ0) is 18.7. The Bertz CT molecular complexity index is 596. The number of rotatable bonds is 7. The fourth-order valence-electron chi connectivity index (χ4n) is 3.08. The lowest BCUT2D eigenvalue weighted by molar-refractivity contribution is -0.176. The van der Waals surface area contributed by atoms with E-state index >= 15 is 0 Å². The van der Waals surface area contributed by atoms with Gasteiger partial charge in [0, 0.05) is 37.5 Å². The van der Waals surface area contributed by atoms with E-state index in [0.29, 0.717) is 24.9 Å². The number of hydrogen-bond acceptors (Lipinski definition) is 5. The molecule has 1 aliphatic carbocycles. The highest BCUT2D eigenvalue weighted by molar-refractivity contribution is 5.80. The normalized spacial score (nSPS) is 25.8. The van der Waals surface area contributed by atoms with Crippen LogP contribution in [-0.2, 0) is 11.2 Å². The predicted octanol–water partition coefficient (Wildman–Crippen LogP) is 2.49. The summed E-state index contributed by atoms with van der Waals surface area (Å²) >= 11 is 0. The van der Waals surface area contributed by atoms with Gasteiger partial charge in [0.2, 0.25) is 5.89 Å². The van der Waals surface area contributed by atoms with E-state index in [9.17, 15) is 0 Å². The monoisotopic (exact) mass is 351 g/mol. The van der Waals surface area contributed by atoms with Crippen LogP contribution in [0.25, 0.3) is 0 Å². The van der Waals surface area contributed by atoms with Gasteiger partial charge >= 0.3 is 0 Å². The van der Waals surface area contributed by atoms with Crippen molar-refractivity contribution in [1.29, 1.82) is 0 Å². The molecule has 0 amide bonds. The molecule has 0 aromatic carbocycles. The van der Waals surface area contributed by atoms with Crippen molar-refractivity contribution in [2.45, 2.75) is 71.9 Å². The topological polar surface area (TPSA) is 84.6 Å². The van der Waals surface area contributed by atoms with Crippen molar-refractivity contribution in [1.82, 2.24) is 20.8 Å². The summed E-state index contributed by atoms with van der Waals surface area (Å²) in [6.07, 6.45) is 1.60. The molecule has 1 heterocycles. The molecule has 7 nitrogen and oxygen atoms in total. The van der Waals surface area contributed by atoms with Crippen LogP contribution in [0.5, 0.6) is 0 Å². The summed E-state index contributed by atoms with van der Waals surface area (Å²) in [5, 5.41) is 10.8. The second kappa shape index (κ2) is 7.72. The van der Waals surface area contributed by atoms with Crippen molar-refractivity contribution >= 4 is 5.96 Å². The van der Waals surface area contributed by atoms with Crippen LogP contribution in [0.3, 0.4) is 0 Å². The average molecular weight is 351 g/mol. The maximum atomic E-state index is 5.69. The minimum Gasteiger partial charge on any atom is -0.378 e. The molecule has 0 aliphatic heterocycles. The van der Waals surface area contributed by atoms with Crippen LogP contribution in [0.1, 0.15) is 65.6 Å². The Labute approximate surface area is 151 Å². The molecule has 1 aromatic rings. The Morgan fingerprint density at radius 2 is 2.12 bits per heavy atom. The van der Waals surface area contributed by atoms with Crippen molar-refractivity contribution in [2.24, 2.45) is 10.4 Å². The van der Waals surface area contributed by atoms with Gasteiger partial charge in [-0.05, 0) is 20.3 Å². The van der Waals surface area contributed by atoms with E-state index in [1.807, 2.05) is 13.8 Å². The maximum absolute atomic E-state index is 5.69. The summed E-state index contributed by atoms with van der Waals surface area (Å²) in [4.78, 5) is 9.04. The van der Waals surface area contributed by atoms with Crippen molar-refractivity contribution in [2.75, 3.05) is 20.2 Å². The van der Waals surface area contributed by atoms with Crippen LogP contribution < -0.4 is 10.6 Å². The SMILES string of the molecule is CCNC(=NCCc1nc(C(C)C)no1)NC1CC(C)(OC)C1(C)C. The molecule has 1 aliphatic rings. The summed E-state index contributed by atoms with van der Waals surface area (Å²) in [5.74, 6) is 2.48. The molecule has 1 aromatic heterocycles. The molecule has 7 heteroatoms. The Kier molecular flexibility index (Phi) is 6.08. The first-order valence-corrected chi connectivity index (χ1v) is 9.16. The first-order chi connectivity index (χ1) is 11.7. The number of aromatic nitrogens is 2. The highest BCUT2D eigenvalue weighted by Crippen LogP contribution is 2.51. The summed E-state index contributed by atoms with van der Waals surface area (Å²) in [5.41, 5.74) is -0.0599. The van der Waals surface area contributed by atoms with Gasteiger partial charge in [0.25, 0.3) is 0 Å². The second-order valence-electron chi connectivity index (χ2n) is 7.77. The lowest BCUT2D eigenvalue weighted by Gasteiger charge is -2.59. The highest BCUT2D eigenvalue weighted by Gasteiger charge is 2.58. The van der Waals surface area contributed by atoms with E-state index < -0.39 is 0 Å². The van der Waals surface area contributed by atoms with Crippen molar-refractivity contribution in [3.05, 3.63) is 11.7 Å². The van der Waals surface area contributed by atoms with Crippen molar-refractivity contribution in [3.63, 3.8) is 0 Å². The Hall–Kier alpha value is -1.63. The van der Waals surface area contributed by atoms with Crippen molar-refractivity contribution < 1.29 is 9.26 Å². The molecular formula is C18H33N5O2. The number of aliphatic imine (C=N–C) groups is 1. The van der Waals surface area contributed by atoms with E-state index in [1.165, 1.54) is 0 Å². The molecule has 2 atom stereocenters. The summed E-state index contributed by atoms with van der Waals surface area (Å²) in [6.45, 7) is 14.2. The zero-order valence-corrected chi connectivity index (χ0v) is 16.6. The molecule has 0 spiro atoms. The number of hydrogen-bond donors (Lipinski definition) is 2. The third kappa shape index (κ3) is 4.14. The number of guanidine groups is 1. The molecular weight excluding hydrogens is 318 g/mol. The van der Waals surface area contributed by atoms with Gasteiger partial charge in [0.1, 0.15) is 0 Å². The minimum absolute atomic E-state index is 0.0383. The second-order valence-corrected chi connectivity index (χ2v) is 7.77. The van der Waals surface area contributed by atoms with E-state index in [4.69, 9.17) is 9.26 Å². The van der Waals surface area contributed by atoms with Gasteiger partial charge < -0.3 is 19.9 Å². The third-order valence-electron chi connectivity index (χ3n) is 5.53. The van der Waals surface area contributed by atoms with E-state index in [-0.39, 0.29) is 16.9 Å². The number of ether oxygens (including phenoxy) is 1. The molecule has 2 N–H and O–H groups in total. The zero-order valence-electron chi connectivity index (χ0n) is 16.6. The molecule has 1 saturated carbocycles. The Morgan fingerprint density at radius 3 is 2.64 bits per heavy atom. The van der Waals surface area contributed by atoms with Gasteiger partial charge in [-0.1, -0.05) is 32.9 Å². The van der Waals surface area contributed by atoms with Gasteiger partial charge in [-0.25, -0.2) is 0 Å². The standard InChI is InChI=1S/C18H33N5O2/c1-8-19-16(21-13-11-18(6,24-7)17(13,4)5)20-10-9-14-22-15(12(2)3)23-25-14/h12-13H,8-11H2,1-7H3,(H2,19,20,21). The molecule has 2 rings (SSSR count). The fraction of sp³-hybridized carbons (Fsp3) is 0.833. The van der Waals surface area contributed by atoms with Crippen LogP contribution in [0.15, 0.2) is 9.52 Å². The lowest BCUT2D eigenvalue weighted by atomic mass is 9.56. The number of methoxy groups -OCH3 is 1. The van der Waals surface area contributed by atoms with Crippen LogP contribution in [0, 0.1) is 5.41 Å². The van der Waals surface area contributed by atoms with E-state index in [0.717, 1.165) is 24.7 Å². The van der Waals surface area contributed by atoms with Gasteiger partial charge in [-0.2, -0.15) is 4.98 Å². The number of nitrogens with one attached hydrogen (secondary N) is 2. The lowest BCUT2D eigenvalue weighted by Crippen LogP contribution is -2.69. The van der Waals surface area contributed by atoms with Gasteiger partial charge in [-0.15, -0.1) is 0 Å². The van der Waals surface area contributed by atoms with Gasteiger partial charge in [0.05, 0.1) is 12.1 Å². The van der Waals surface area contributed by atoms with Gasteiger partial charge in [-0.3, -0.25) is 4.99 Å². The molecule has 25 heavy (non-hydrogen) atoms. The van der Waals surface area contributed by atoms with E-state index in [2.05, 4.69) is 53.5 Å². The molecule has 0 saturated heterocycles. The molecule has 0 bridgehead atoms. The Morgan fingerprint density at radius 1 is 1.40 bits per heavy atom. The summed E-state index contributed by atoms with van der Waals surface area (Å²) < 4.78 is 11.0. The maximum Gasteiger partial charge on any atom is 0.228 e. The molecule has 142 valence electrons. The first kappa shape index (κ1) is 19.7. The van der Waals surface area contributed by atoms with Gasteiger partial charge in [0.15, 0.2) is 11.8 Å². The molecule has 1 fully saturated rings. The van der Waals surface area contributed by atoms with E-state index in [1.54, 1.807) is 7.11 Å². The van der Waals surface area contributed by atoms with Crippen LogP contribution in [-0.4, -0.2) is 47.9 Å². The molecule has 2 unspecified atom stereocenters. The minimum atomic E-state index is -0.0982. The first-order valence-electron chi connectivity index (χ1n) is 9.16. The third-order valence-corrected chi connectivity index (χ3v) is 5.53. The van der Waals surface area contributed by atoms with Crippen LogP contribution >= 0.6 is 0 Å². The Balaban J connectivity index is 1.92. The highest BCUT2D eigenvalue weighted by atomic mass is 16.5. The molecule has 0 radical (unpaired) electrons. The van der Waals surface area contributed by atoms with Crippen molar-refractivity contribution in [3.8, 4) is 0 Å². The smallest absolute Gasteiger partial charge is 0.228 e. The predicted molar refractivity (Wildman–Crippen MR) is 98.8 cm³/mol. The fourth-order valence-corrected chi connectivity index (χ4v) is 3.08. The summed E-state index contributed by atoms with van der Waals surface area (Å²) in [6, 6.07) is 0.325.